The molecule has 0 bridgehead atoms. The van der Waals surface area contributed by atoms with Gasteiger partial charge in [0.2, 0.25) is 0 Å². The maximum Gasteiger partial charge on any atom is 0.265 e. The van der Waals surface area contributed by atoms with Gasteiger partial charge in [-0.2, -0.15) is 0 Å². The van der Waals surface area contributed by atoms with Crippen molar-refractivity contribution in [3.63, 3.8) is 0 Å². The summed E-state index contributed by atoms with van der Waals surface area (Å²) in [6.07, 6.45) is 4.54. The van der Waals surface area contributed by atoms with Gasteiger partial charge in [0.1, 0.15) is 5.71 Å². The van der Waals surface area contributed by atoms with E-state index >= 15 is 0 Å². The molecule has 0 radical (unpaired) electrons. The molecular formula is C26H32Cl3N3O. The number of amides is 1. The van der Waals surface area contributed by atoms with Crippen LogP contribution in [0.5, 0.6) is 0 Å². The number of aliphatic imine (C=N–C) groups is 1. The van der Waals surface area contributed by atoms with E-state index in [0.717, 1.165) is 18.4 Å². The molecule has 2 aromatic carbocycles. The highest BCUT2D eigenvalue weighted by atomic mass is 35.5. The summed E-state index contributed by atoms with van der Waals surface area (Å²) in [7, 11) is 0. The predicted octanol–water partition coefficient (Wildman–Crippen LogP) is 8.14. The van der Waals surface area contributed by atoms with Crippen LogP contribution in [0, 0.1) is 17.2 Å². The van der Waals surface area contributed by atoms with Crippen LogP contribution in [-0.4, -0.2) is 23.4 Å². The highest BCUT2D eigenvalue weighted by Gasteiger charge is 2.26. The van der Waals surface area contributed by atoms with Crippen molar-refractivity contribution in [2.45, 2.75) is 59.4 Å². The fraction of sp³-hybridized carbons (Fsp3) is 0.423. The Morgan fingerprint density at radius 1 is 1.00 bits per heavy atom. The van der Waals surface area contributed by atoms with Crippen molar-refractivity contribution in [3.05, 3.63) is 63.1 Å². The average Bonchev–Trinajstić information content (AvgIpc) is 2.78. The highest BCUT2D eigenvalue weighted by Crippen LogP contribution is 2.30. The van der Waals surface area contributed by atoms with Crippen LogP contribution in [0.2, 0.25) is 15.1 Å². The molecule has 0 spiro atoms. The molecule has 33 heavy (non-hydrogen) atoms. The van der Waals surface area contributed by atoms with E-state index in [4.69, 9.17) is 45.2 Å². The van der Waals surface area contributed by atoms with Gasteiger partial charge in [-0.25, -0.2) is 0 Å². The second-order valence-corrected chi connectivity index (χ2v) is 9.75. The maximum absolute atomic E-state index is 12.9. The molecule has 0 aliphatic rings. The Hall–Kier alpha value is -1.88. The molecule has 3 atom stereocenters. The summed E-state index contributed by atoms with van der Waals surface area (Å²) >= 11 is 18.4. The number of carbonyl (C=O) groups is 1. The Kier molecular flexibility index (Phi) is 10.9. The molecule has 0 aliphatic carbocycles. The van der Waals surface area contributed by atoms with Crippen molar-refractivity contribution >= 4 is 57.8 Å². The molecule has 7 heteroatoms. The van der Waals surface area contributed by atoms with Gasteiger partial charge in [0.25, 0.3) is 5.91 Å². The first-order valence-electron chi connectivity index (χ1n) is 11.3. The lowest BCUT2D eigenvalue weighted by Crippen LogP contribution is -2.43. The van der Waals surface area contributed by atoms with E-state index in [-0.39, 0.29) is 17.7 Å². The van der Waals surface area contributed by atoms with Crippen LogP contribution >= 0.6 is 34.8 Å². The van der Waals surface area contributed by atoms with Gasteiger partial charge < -0.3 is 5.32 Å². The molecule has 178 valence electrons. The van der Waals surface area contributed by atoms with Crippen molar-refractivity contribution in [2.75, 3.05) is 0 Å². The van der Waals surface area contributed by atoms with Gasteiger partial charge in [0, 0.05) is 22.0 Å². The summed E-state index contributed by atoms with van der Waals surface area (Å²) < 4.78 is 0. The molecule has 0 aliphatic heterocycles. The van der Waals surface area contributed by atoms with Gasteiger partial charge in [-0.05, 0) is 55.2 Å². The number of nitrogens with one attached hydrogen (secondary N) is 2. The van der Waals surface area contributed by atoms with Crippen molar-refractivity contribution in [3.8, 4) is 0 Å². The summed E-state index contributed by atoms with van der Waals surface area (Å²) in [6, 6.07) is 12.2. The Morgan fingerprint density at radius 3 is 2.24 bits per heavy atom. The number of unbranched alkanes of at least 4 members (excludes halogenated alkanes) is 2. The van der Waals surface area contributed by atoms with E-state index in [1.54, 1.807) is 37.3 Å². The molecule has 2 aromatic rings. The quantitative estimate of drug-likeness (QED) is 0.233. The zero-order valence-electron chi connectivity index (χ0n) is 19.6. The van der Waals surface area contributed by atoms with Gasteiger partial charge in [-0.1, -0.05) is 87.0 Å². The molecule has 2 N–H and O–H groups in total. The zero-order valence-corrected chi connectivity index (χ0v) is 21.9. The van der Waals surface area contributed by atoms with Crippen molar-refractivity contribution in [2.24, 2.45) is 16.8 Å². The number of hydrogen-bond acceptors (Lipinski definition) is 3. The number of carbonyl (C=O) groups excluding carboxylic acids is 1. The lowest BCUT2D eigenvalue weighted by molar-refractivity contribution is -0.115. The normalized spacial score (nSPS) is 14.5. The third-order valence-corrected chi connectivity index (χ3v) is 6.64. The van der Waals surface area contributed by atoms with E-state index in [0.29, 0.717) is 32.4 Å². The fourth-order valence-corrected chi connectivity index (χ4v) is 4.04. The third kappa shape index (κ3) is 8.13. The first-order valence-corrected chi connectivity index (χ1v) is 12.5. The molecular weight excluding hydrogens is 477 g/mol. The minimum atomic E-state index is -0.569. The number of halogens is 3. The minimum Gasteiger partial charge on any atom is -0.348 e. The molecule has 0 heterocycles. The Bertz CT molecular complexity index is 989. The van der Waals surface area contributed by atoms with Gasteiger partial charge in [-0.15, -0.1) is 0 Å². The van der Waals surface area contributed by atoms with Crippen LogP contribution in [-0.2, 0) is 4.79 Å². The highest BCUT2D eigenvalue weighted by molar-refractivity contribution is 6.43. The van der Waals surface area contributed by atoms with Crippen molar-refractivity contribution in [1.29, 1.82) is 5.41 Å². The first-order chi connectivity index (χ1) is 15.6. The number of benzene rings is 2. The van der Waals surface area contributed by atoms with Crippen LogP contribution in [0.3, 0.4) is 0 Å². The maximum atomic E-state index is 12.9. The first kappa shape index (κ1) is 27.4. The summed E-state index contributed by atoms with van der Waals surface area (Å²) in [5.41, 5.74) is 1.78. The van der Waals surface area contributed by atoms with Crippen molar-refractivity contribution < 1.29 is 4.79 Å². The molecule has 3 unspecified atom stereocenters. The topological polar surface area (TPSA) is 65.3 Å². The second-order valence-electron chi connectivity index (χ2n) is 8.47. The standard InChI is InChI=1S/C26H32Cl3N3O/c1-5-6-7-8-16(2)18(4)31-26(33)24(30)17(3)25(19-9-11-20(27)12-10-19)32-23-14-13-21(28)15-22(23)29/h9-18,30H,5-8H2,1-4H3,(H,31,33). The SMILES string of the molecule is CCCCCC(C)C(C)NC(=O)C(=N)C(C)C(=Nc1ccc(Cl)cc1Cl)c1ccc(Cl)cc1. The summed E-state index contributed by atoms with van der Waals surface area (Å²) in [5.74, 6) is -0.623. The Labute approximate surface area is 212 Å². The lowest BCUT2D eigenvalue weighted by atomic mass is 9.92. The molecule has 0 fully saturated rings. The van der Waals surface area contributed by atoms with E-state index in [1.807, 2.05) is 19.1 Å². The number of hydrogen-bond donors (Lipinski definition) is 2. The fourth-order valence-electron chi connectivity index (χ4n) is 3.46. The van der Waals surface area contributed by atoms with Crippen LogP contribution < -0.4 is 5.32 Å². The average molecular weight is 509 g/mol. The van der Waals surface area contributed by atoms with Crippen LogP contribution in [0.4, 0.5) is 5.69 Å². The van der Waals surface area contributed by atoms with E-state index in [1.165, 1.54) is 12.8 Å². The van der Waals surface area contributed by atoms with Gasteiger partial charge >= 0.3 is 0 Å². The second kappa shape index (κ2) is 13.1. The Morgan fingerprint density at radius 2 is 1.64 bits per heavy atom. The van der Waals surface area contributed by atoms with E-state index < -0.39 is 5.92 Å². The van der Waals surface area contributed by atoms with Crippen molar-refractivity contribution in [1.82, 2.24) is 5.32 Å². The van der Waals surface area contributed by atoms with Gasteiger partial charge in [0.05, 0.1) is 16.4 Å². The molecule has 4 nitrogen and oxygen atoms in total. The van der Waals surface area contributed by atoms with Gasteiger partial charge in [0.15, 0.2) is 0 Å². The zero-order chi connectivity index (χ0) is 24.5. The van der Waals surface area contributed by atoms with E-state index in [2.05, 4.69) is 19.2 Å². The van der Waals surface area contributed by atoms with E-state index in [9.17, 15) is 4.79 Å². The molecule has 2 rings (SSSR count). The number of nitrogens with zero attached hydrogens (tertiary/aromatic N) is 1. The molecule has 0 aromatic heterocycles. The monoisotopic (exact) mass is 507 g/mol. The Balaban J connectivity index is 2.27. The largest absolute Gasteiger partial charge is 0.348 e. The smallest absolute Gasteiger partial charge is 0.265 e. The minimum absolute atomic E-state index is 0.0245. The lowest BCUT2D eigenvalue weighted by Gasteiger charge is -2.23. The van der Waals surface area contributed by atoms with Crippen LogP contribution in [0.25, 0.3) is 0 Å². The molecule has 0 saturated carbocycles. The summed E-state index contributed by atoms with van der Waals surface area (Å²) in [6.45, 7) is 8.11. The van der Waals surface area contributed by atoms with Gasteiger partial charge in [-0.3, -0.25) is 15.2 Å². The molecule has 1 amide bonds. The van der Waals surface area contributed by atoms with Crippen LogP contribution in [0.1, 0.15) is 58.9 Å². The van der Waals surface area contributed by atoms with Crippen LogP contribution in [0.15, 0.2) is 47.5 Å². The number of rotatable bonds is 11. The predicted molar refractivity (Wildman–Crippen MR) is 142 cm³/mol. The summed E-state index contributed by atoms with van der Waals surface area (Å²) in [5, 5.41) is 13.1. The summed E-state index contributed by atoms with van der Waals surface area (Å²) in [4.78, 5) is 17.7. The third-order valence-electron chi connectivity index (χ3n) is 5.85. The molecule has 0 saturated heterocycles.